The molecule has 2 aromatic carbocycles. The molecule has 3 rings (SSSR count). The van der Waals surface area contributed by atoms with Crippen molar-refractivity contribution in [2.75, 3.05) is 24.4 Å². The summed E-state index contributed by atoms with van der Waals surface area (Å²) in [7, 11) is -4.23. The van der Waals surface area contributed by atoms with E-state index in [-0.39, 0.29) is 27.2 Å². The molecule has 0 saturated carbocycles. The lowest BCUT2D eigenvalue weighted by atomic mass is 10.0. The summed E-state index contributed by atoms with van der Waals surface area (Å²) in [5.74, 6) is -1.45. The predicted octanol–water partition coefficient (Wildman–Crippen LogP) is 4.35. The van der Waals surface area contributed by atoms with Crippen LogP contribution in [0, 0.1) is 11.7 Å². The Balaban J connectivity index is 1.75. The maximum absolute atomic E-state index is 13.1. The smallest absolute Gasteiger partial charge is 0.340 e. The third-order valence-corrected chi connectivity index (χ3v) is 7.12. The standard InChI is InChI=1S/C21H21Cl2FN2O5S/c1-13-3-2-8-26(11-13)20(27)12-31-21(28)16-9-19(18(23)10-17(16)22)32(29,30)25-15-6-4-14(24)5-7-15/h4-7,9-10,13,25H,2-3,8,11-12H2,1H3. The number of hydrogen-bond acceptors (Lipinski definition) is 5. The van der Waals surface area contributed by atoms with Gasteiger partial charge in [0.25, 0.3) is 15.9 Å². The lowest BCUT2D eigenvalue weighted by molar-refractivity contribution is -0.136. The molecule has 11 heteroatoms. The number of rotatable bonds is 6. The molecule has 1 saturated heterocycles. The summed E-state index contributed by atoms with van der Waals surface area (Å²) >= 11 is 12.1. The molecule has 0 aliphatic carbocycles. The van der Waals surface area contributed by atoms with Crippen molar-refractivity contribution < 1.29 is 27.1 Å². The van der Waals surface area contributed by atoms with E-state index in [0.717, 1.165) is 37.1 Å². The molecule has 0 spiro atoms. The van der Waals surface area contributed by atoms with Crippen molar-refractivity contribution in [1.29, 1.82) is 0 Å². The van der Waals surface area contributed by atoms with Crippen molar-refractivity contribution in [3.63, 3.8) is 0 Å². The molecule has 172 valence electrons. The molecular weight excluding hydrogens is 482 g/mol. The van der Waals surface area contributed by atoms with Crippen LogP contribution in [0.3, 0.4) is 0 Å². The van der Waals surface area contributed by atoms with Gasteiger partial charge in [0.15, 0.2) is 6.61 Å². The van der Waals surface area contributed by atoms with E-state index in [1.165, 1.54) is 12.1 Å². The Bertz CT molecular complexity index is 1130. The van der Waals surface area contributed by atoms with Crippen molar-refractivity contribution in [2.45, 2.75) is 24.7 Å². The van der Waals surface area contributed by atoms with E-state index < -0.39 is 33.3 Å². The number of piperidine rings is 1. The zero-order valence-corrected chi connectivity index (χ0v) is 19.4. The van der Waals surface area contributed by atoms with Gasteiger partial charge in [-0.05, 0) is 55.2 Å². The van der Waals surface area contributed by atoms with Gasteiger partial charge in [-0.3, -0.25) is 9.52 Å². The number of carbonyl (C=O) groups excluding carboxylic acids is 2. The van der Waals surface area contributed by atoms with Gasteiger partial charge in [-0.15, -0.1) is 0 Å². The number of nitrogens with zero attached hydrogens (tertiary/aromatic N) is 1. The van der Waals surface area contributed by atoms with Gasteiger partial charge in [-0.25, -0.2) is 17.6 Å². The number of anilines is 1. The molecule has 0 bridgehead atoms. The van der Waals surface area contributed by atoms with Crippen LogP contribution in [-0.2, 0) is 19.6 Å². The highest BCUT2D eigenvalue weighted by molar-refractivity contribution is 7.92. The van der Waals surface area contributed by atoms with Gasteiger partial charge in [-0.1, -0.05) is 30.1 Å². The number of hydrogen-bond donors (Lipinski definition) is 1. The highest BCUT2D eigenvalue weighted by atomic mass is 35.5. The van der Waals surface area contributed by atoms with Gasteiger partial charge in [0.05, 0.1) is 15.6 Å². The number of sulfonamides is 1. The molecular formula is C21H21Cl2FN2O5S. The molecule has 1 fully saturated rings. The highest BCUT2D eigenvalue weighted by Crippen LogP contribution is 2.30. The number of amides is 1. The number of ether oxygens (including phenoxy) is 1. The summed E-state index contributed by atoms with van der Waals surface area (Å²) < 4.78 is 45.9. The van der Waals surface area contributed by atoms with Gasteiger partial charge in [0.1, 0.15) is 10.7 Å². The summed E-state index contributed by atoms with van der Waals surface area (Å²) in [6.07, 6.45) is 1.92. The van der Waals surface area contributed by atoms with E-state index >= 15 is 0 Å². The number of benzene rings is 2. The summed E-state index contributed by atoms with van der Waals surface area (Å²) in [5, 5.41) is -0.348. The largest absolute Gasteiger partial charge is 0.452 e. The van der Waals surface area contributed by atoms with Crippen molar-refractivity contribution in [3.05, 3.63) is 57.8 Å². The SMILES string of the molecule is CC1CCCN(C(=O)COC(=O)c2cc(S(=O)(=O)Nc3ccc(F)cc3)c(Cl)cc2Cl)C1. The maximum Gasteiger partial charge on any atom is 0.340 e. The second-order valence-corrected chi connectivity index (χ2v) is 10.0. The van der Waals surface area contributed by atoms with Crippen LogP contribution in [0.4, 0.5) is 10.1 Å². The monoisotopic (exact) mass is 502 g/mol. The Morgan fingerprint density at radius 1 is 1.19 bits per heavy atom. The minimum atomic E-state index is -4.23. The summed E-state index contributed by atoms with van der Waals surface area (Å²) in [6, 6.07) is 6.73. The number of nitrogens with one attached hydrogen (secondary N) is 1. The maximum atomic E-state index is 13.1. The lowest BCUT2D eigenvalue weighted by Gasteiger charge is -2.30. The molecule has 1 amide bonds. The summed E-state index contributed by atoms with van der Waals surface area (Å²) in [4.78, 5) is 26.1. The number of halogens is 3. The molecule has 32 heavy (non-hydrogen) atoms. The first-order valence-electron chi connectivity index (χ1n) is 9.79. The van der Waals surface area contributed by atoms with E-state index in [4.69, 9.17) is 27.9 Å². The normalized spacial score (nSPS) is 16.5. The van der Waals surface area contributed by atoms with Crippen LogP contribution in [0.5, 0.6) is 0 Å². The van der Waals surface area contributed by atoms with Crippen molar-refractivity contribution in [2.24, 2.45) is 5.92 Å². The van der Waals surface area contributed by atoms with Gasteiger partial charge in [0, 0.05) is 18.8 Å². The van der Waals surface area contributed by atoms with Crippen LogP contribution < -0.4 is 4.72 Å². The van der Waals surface area contributed by atoms with E-state index in [1.54, 1.807) is 4.90 Å². The fourth-order valence-electron chi connectivity index (χ4n) is 3.33. The predicted molar refractivity (Wildman–Crippen MR) is 119 cm³/mol. The van der Waals surface area contributed by atoms with Gasteiger partial charge >= 0.3 is 5.97 Å². The van der Waals surface area contributed by atoms with Crippen LogP contribution >= 0.6 is 23.2 Å². The first-order valence-corrected chi connectivity index (χ1v) is 12.0. The van der Waals surface area contributed by atoms with E-state index in [0.29, 0.717) is 19.0 Å². The molecule has 1 aliphatic rings. The van der Waals surface area contributed by atoms with Gasteiger partial charge in [-0.2, -0.15) is 0 Å². The molecule has 2 aromatic rings. The molecule has 1 aliphatic heterocycles. The average molecular weight is 503 g/mol. The van der Waals surface area contributed by atoms with Crippen molar-refractivity contribution >= 4 is 50.8 Å². The van der Waals surface area contributed by atoms with Gasteiger partial charge < -0.3 is 9.64 Å². The average Bonchev–Trinajstić information content (AvgIpc) is 2.73. The molecule has 1 N–H and O–H groups in total. The first kappa shape index (κ1) is 24.3. The highest BCUT2D eigenvalue weighted by Gasteiger charge is 2.26. The molecule has 1 unspecified atom stereocenters. The second-order valence-electron chi connectivity index (χ2n) is 7.54. The molecule has 0 aromatic heterocycles. The molecule has 7 nitrogen and oxygen atoms in total. The van der Waals surface area contributed by atoms with Gasteiger partial charge in [0.2, 0.25) is 0 Å². The first-order chi connectivity index (χ1) is 15.1. The summed E-state index contributed by atoms with van der Waals surface area (Å²) in [6.45, 7) is 2.75. The Kier molecular flexibility index (Phi) is 7.63. The second kappa shape index (κ2) is 10.1. The van der Waals surface area contributed by atoms with E-state index in [9.17, 15) is 22.4 Å². The van der Waals surface area contributed by atoms with Crippen molar-refractivity contribution in [1.82, 2.24) is 4.90 Å². The van der Waals surface area contributed by atoms with Crippen LogP contribution in [0.15, 0.2) is 41.3 Å². The quantitative estimate of drug-likeness (QED) is 0.592. The minimum absolute atomic E-state index is 0.0999. The number of esters is 1. The fourth-order valence-corrected chi connectivity index (χ4v) is 5.24. The zero-order valence-electron chi connectivity index (χ0n) is 17.1. The Hall–Kier alpha value is -2.36. The van der Waals surface area contributed by atoms with Crippen molar-refractivity contribution in [3.8, 4) is 0 Å². The van der Waals surface area contributed by atoms with Crippen LogP contribution in [0.2, 0.25) is 10.0 Å². The Morgan fingerprint density at radius 2 is 1.88 bits per heavy atom. The third-order valence-electron chi connectivity index (χ3n) is 4.96. The molecule has 1 atom stereocenters. The van der Waals surface area contributed by atoms with E-state index in [1.807, 2.05) is 6.92 Å². The third kappa shape index (κ3) is 5.90. The fraction of sp³-hybridized carbons (Fsp3) is 0.333. The minimum Gasteiger partial charge on any atom is -0.452 e. The Morgan fingerprint density at radius 3 is 2.53 bits per heavy atom. The topological polar surface area (TPSA) is 92.8 Å². The summed E-state index contributed by atoms with van der Waals surface area (Å²) in [5.41, 5.74) is -0.154. The number of carbonyl (C=O) groups is 2. The van der Waals surface area contributed by atoms with Crippen LogP contribution in [-0.4, -0.2) is 44.9 Å². The molecule has 0 radical (unpaired) electrons. The van der Waals surface area contributed by atoms with E-state index in [2.05, 4.69) is 4.72 Å². The zero-order chi connectivity index (χ0) is 23.5. The lowest BCUT2D eigenvalue weighted by Crippen LogP contribution is -2.41. The van der Waals surface area contributed by atoms with Crippen LogP contribution in [0.1, 0.15) is 30.1 Å². The van der Waals surface area contributed by atoms with Crippen LogP contribution in [0.25, 0.3) is 0 Å². The Labute approximate surface area is 195 Å². The molecule has 1 heterocycles. The number of likely N-dealkylation sites (tertiary alicyclic amines) is 1.